The molecule has 29 heavy (non-hydrogen) atoms. The molecule has 0 atom stereocenters. The van der Waals surface area contributed by atoms with E-state index in [1.807, 2.05) is 35.2 Å². The number of nitrogens with zero attached hydrogens (tertiary/aromatic N) is 2. The van der Waals surface area contributed by atoms with Gasteiger partial charge < -0.3 is 15.0 Å². The van der Waals surface area contributed by atoms with Gasteiger partial charge in [-0.05, 0) is 23.8 Å². The van der Waals surface area contributed by atoms with Gasteiger partial charge in [0, 0.05) is 32.7 Å². The minimum Gasteiger partial charge on any atom is -0.482 e. The fourth-order valence-electron chi connectivity index (χ4n) is 3.03. The summed E-state index contributed by atoms with van der Waals surface area (Å²) in [5.74, 6) is -0.394. The van der Waals surface area contributed by atoms with Crippen LogP contribution in [0.1, 0.15) is 5.56 Å². The van der Waals surface area contributed by atoms with E-state index in [1.54, 1.807) is 4.90 Å². The number of carbonyl (C=O) groups excluding carboxylic acids is 2. The third-order valence-electron chi connectivity index (χ3n) is 4.67. The second-order valence-electron chi connectivity index (χ2n) is 6.78. The first-order valence-electron chi connectivity index (χ1n) is 9.40. The van der Waals surface area contributed by atoms with Crippen molar-refractivity contribution in [2.24, 2.45) is 0 Å². The summed E-state index contributed by atoms with van der Waals surface area (Å²) in [6, 6.07) is 13.5. The van der Waals surface area contributed by atoms with Gasteiger partial charge >= 0.3 is 0 Å². The molecular formula is C21H23ClFN3O3. The Kier molecular flexibility index (Phi) is 7.43. The number of nitrogens with one attached hydrogen (secondary N) is 1. The summed E-state index contributed by atoms with van der Waals surface area (Å²) in [5.41, 5.74) is 1.05. The van der Waals surface area contributed by atoms with Crippen LogP contribution >= 0.6 is 11.6 Å². The van der Waals surface area contributed by atoms with Crippen LogP contribution in [0.5, 0.6) is 5.75 Å². The highest BCUT2D eigenvalue weighted by atomic mass is 35.5. The molecule has 8 heteroatoms. The van der Waals surface area contributed by atoms with Crippen molar-refractivity contribution in [1.29, 1.82) is 0 Å². The molecule has 1 saturated heterocycles. The Morgan fingerprint density at radius 3 is 2.48 bits per heavy atom. The number of halogens is 2. The second-order valence-corrected chi connectivity index (χ2v) is 7.19. The van der Waals surface area contributed by atoms with Gasteiger partial charge in [-0.2, -0.15) is 0 Å². The Morgan fingerprint density at radius 2 is 1.79 bits per heavy atom. The number of carbonyl (C=O) groups is 2. The van der Waals surface area contributed by atoms with Gasteiger partial charge in [0.1, 0.15) is 11.6 Å². The third kappa shape index (κ3) is 6.44. The van der Waals surface area contributed by atoms with Crippen molar-refractivity contribution in [2.45, 2.75) is 6.54 Å². The molecule has 1 fully saturated rings. The van der Waals surface area contributed by atoms with Crippen LogP contribution in [-0.4, -0.2) is 60.9 Å². The average Bonchev–Trinajstić information content (AvgIpc) is 2.73. The van der Waals surface area contributed by atoms with Crippen LogP contribution in [0.4, 0.5) is 4.39 Å². The molecule has 1 aliphatic rings. The van der Waals surface area contributed by atoms with E-state index in [-0.39, 0.29) is 29.2 Å². The molecule has 0 bridgehead atoms. The Hall–Kier alpha value is -2.64. The lowest BCUT2D eigenvalue weighted by Gasteiger charge is -2.34. The van der Waals surface area contributed by atoms with Gasteiger partial charge in [0.05, 0.1) is 11.6 Å². The third-order valence-corrected chi connectivity index (χ3v) is 4.97. The Labute approximate surface area is 174 Å². The molecule has 1 N–H and O–H groups in total. The van der Waals surface area contributed by atoms with Crippen molar-refractivity contribution < 1.29 is 18.7 Å². The second kappa shape index (κ2) is 10.2. The molecule has 2 aromatic carbocycles. The van der Waals surface area contributed by atoms with Crippen molar-refractivity contribution in [2.75, 3.05) is 39.3 Å². The summed E-state index contributed by atoms with van der Waals surface area (Å²) < 4.78 is 18.5. The van der Waals surface area contributed by atoms with Crippen LogP contribution in [-0.2, 0) is 16.1 Å². The predicted octanol–water partition coefficient (Wildman–Crippen LogP) is 2.32. The molecule has 2 aromatic rings. The molecule has 1 aliphatic heterocycles. The number of hydrogen-bond acceptors (Lipinski definition) is 4. The van der Waals surface area contributed by atoms with Crippen molar-refractivity contribution in [1.82, 2.24) is 15.1 Å². The fraction of sp³-hybridized carbons (Fsp3) is 0.333. The Bertz CT molecular complexity index is 842. The largest absolute Gasteiger partial charge is 0.482 e. The summed E-state index contributed by atoms with van der Waals surface area (Å²) in [4.78, 5) is 28.2. The fourth-order valence-corrected chi connectivity index (χ4v) is 3.26. The minimum atomic E-state index is -0.461. The van der Waals surface area contributed by atoms with Gasteiger partial charge in [-0.15, -0.1) is 0 Å². The summed E-state index contributed by atoms with van der Waals surface area (Å²) >= 11 is 5.90. The molecule has 0 spiro atoms. The molecule has 2 amide bonds. The molecule has 0 unspecified atom stereocenters. The van der Waals surface area contributed by atoms with Gasteiger partial charge in [0.25, 0.3) is 5.91 Å². The van der Waals surface area contributed by atoms with Crippen LogP contribution in [0.25, 0.3) is 0 Å². The highest BCUT2D eigenvalue weighted by Gasteiger charge is 2.22. The first kappa shape index (κ1) is 21.1. The zero-order chi connectivity index (χ0) is 20.6. The molecular weight excluding hydrogens is 397 g/mol. The molecule has 1 heterocycles. The Morgan fingerprint density at radius 1 is 1.07 bits per heavy atom. The quantitative estimate of drug-likeness (QED) is 0.748. The lowest BCUT2D eigenvalue weighted by atomic mass is 10.2. The van der Waals surface area contributed by atoms with Crippen molar-refractivity contribution in [3.05, 3.63) is 64.9 Å². The van der Waals surface area contributed by atoms with Crippen LogP contribution in [0.15, 0.2) is 48.5 Å². The predicted molar refractivity (Wildman–Crippen MR) is 108 cm³/mol. The molecule has 0 radical (unpaired) electrons. The standard InChI is InChI=1S/C21H23ClFN3O3/c22-18-12-17(23)6-7-19(18)29-15-21(28)26-10-8-25(9-11-26)14-20(27)24-13-16-4-2-1-3-5-16/h1-7,12H,8-11,13-15H2,(H,24,27). The van der Waals surface area contributed by atoms with E-state index in [1.165, 1.54) is 12.1 Å². The summed E-state index contributed by atoms with van der Waals surface area (Å²) in [5, 5.41) is 3.04. The molecule has 0 saturated carbocycles. The van der Waals surface area contributed by atoms with Crippen LogP contribution in [0.3, 0.4) is 0 Å². The van der Waals surface area contributed by atoms with Gasteiger partial charge in [0.15, 0.2) is 6.61 Å². The zero-order valence-corrected chi connectivity index (χ0v) is 16.7. The Balaban J connectivity index is 1.37. The maximum atomic E-state index is 13.1. The first-order valence-corrected chi connectivity index (χ1v) is 9.77. The van der Waals surface area contributed by atoms with E-state index < -0.39 is 5.82 Å². The maximum Gasteiger partial charge on any atom is 0.260 e. The van der Waals surface area contributed by atoms with Crippen LogP contribution in [0.2, 0.25) is 5.02 Å². The number of hydrogen-bond donors (Lipinski definition) is 1. The van der Waals surface area contributed by atoms with Gasteiger partial charge in [-0.1, -0.05) is 41.9 Å². The lowest BCUT2D eigenvalue weighted by Crippen LogP contribution is -2.52. The summed E-state index contributed by atoms with van der Waals surface area (Å²) in [7, 11) is 0. The first-order chi connectivity index (χ1) is 14.0. The van der Waals surface area contributed by atoms with Crippen LogP contribution < -0.4 is 10.1 Å². The smallest absolute Gasteiger partial charge is 0.260 e. The van der Waals surface area contributed by atoms with E-state index >= 15 is 0 Å². The van der Waals surface area contributed by atoms with Gasteiger partial charge in [0.2, 0.25) is 5.91 Å². The number of rotatable bonds is 7. The maximum absolute atomic E-state index is 13.1. The monoisotopic (exact) mass is 419 g/mol. The average molecular weight is 420 g/mol. The highest BCUT2D eigenvalue weighted by Crippen LogP contribution is 2.24. The van der Waals surface area contributed by atoms with E-state index in [0.29, 0.717) is 39.3 Å². The molecule has 6 nitrogen and oxygen atoms in total. The van der Waals surface area contributed by atoms with Gasteiger partial charge in [-0.25, -0.2) is 4.39 Å². The molecule has 3 rings (SSSR count). The summed E-state index contributed by atoms with van der Waals surface area (Å²) in [6.45, 7) is 2.90. The van der Waals surface area contributed by atoms with Crippen molar-refractivity contribution in [3.8, 4) is 5.75 Å². The number of piperazine rings is 1. The normalized spacial score (nSPS) is 14.5. The highest BCUT2D eigenvalue weighted by molar-refractivity contribution is 6.32. The number of benzene rings is 2. The topological polar surface area (TPSA) is 61.9 Å². The lowest BCUT2D eigenvalue weighted by molar-refractivity contribution is -0.135. The van der Waals surface area contributed by atoms with E-state index in [2.05, 4.69) is 5.32 Å². The van der Waals surface area contributed by atoms with E-state index in [9.17, 15) is 14.0 Å². The van der Waals surface area contributed by atoms with Crippen LogP contribution in [0, 0.1) is 5.82 Å². The molecule has 154 valence electrons. The van der Waals surface area contributed by atoms with Crippen molar-refractivity contribution >= 4 is 23.4 Å². The molecule has 0 aliphatic carbocycles. The number of amides is 2. The minimum absolute atomic E-state index is 0.0390. The van der Waals surface area contributed by atoms with Crippen molar-refractivity contribution in [3.63, 3.8) is 0 Å². The van der Waals surface area contributed by atoms with E-state index in [0.717, 1.165) is 11.6 Å². The SMILES string of the molecule is O=C(CN1CCN(C(=O)COc2ccc(F)cc2Cl)CC1)NCc1ccccc1. The van der Waals surface area contributed by atoms with Gasteiger partial charge in [-0.3, -0.25) is 14.5 Å². The zero-order valence-electron chi connectivity index (χ0n) is 15.9. The summed E-state index contributed by atoms with van der Waals surface area (Å²) in [6.07, 6.45) is 0. The number of ether oxygens (including phenoxy) is 1. The van der Waals surface area contributed by atoms with E-state index in [4.69, 9.17) is 16.3 Å². The molecule has 0 aromatic heterocycles.